The molecule has 0 aliphatic carbocycles. The van der Waals surface area contributed by atoms with Gasteiger partial charge in [-0.1, -0.05) is 6.07 Å². The first-order valence-electron chi connectivity index (χ1n) is 6.15. The van der Waals surface area contributed by atoms with E-state index in [0.29, 0.717) is 6.54 Å². The van der Waals surface area contributed by atoms with Gasteiger partial charge in [0.05, 0.1) is 10.5 Å². The number of nitrogens with one attached hydrogen (secondary N) is 1. The van der Waals surface area contributed by atoms with Gasteiger partial charge in [-0.15, -0.1) is 0 Å². The Morgan fingerprint density at radius 1 is 1.28 bits per heavy atom. The fourth-order valence-corrected chi connectivity index (χ4v) is 2.44. The van der Waals surface area contributed by atoms with Crippen LogP contribution in [0.3, 0.4) is 0 Å². The highest BCUT2D eigenvalue weighted by Gasteiger charge is 2.27. The van der Waals surface area contributed by atoms with Gasteiger partial charge in [-0.3, -0.25) is 4.98 Å². The molecule has 0 aliphatic rings. The van der Waals surface area contributed by atoms with Crippen LogP contribution in [0.2, 0.25) is 0 Å². The van der Waals surface area contributed by atoms with E-state index >= 15 is 0 Å². The van der Waals surface area contributed by atoms with E-state index in [1.807, 2.05) is 18.3 Å². The van der Waals surface area contributed by atoms with Crippen molar-refractivity contribution in [2.24, 2.45) is 0 Å². The Hall–Kier alpha value is -0.940. The van der Waals surface area contributed by atoms with Crippen molar-refractivity contribution in [3.63, 3.8) is 0 Å². The summed E-state index contributed by atoms with van der Waals surface area (Å²) in [5.41, 5.74) is 1.16. The van der Waals surface area contributed by atoms with Crippen LogP contribution < -0.4 is 5.32 Å². The number of pyridine rings is 1. The van der Waals surface area contributed by atoms with E-state index in [0.717, 1.165) is 18.5 Å². The third kappa shape index (κ3) is 4.74. The second-order valence-corrected chi connectivity index (χ2v) is 8.16. The Morgan fingerprint density at radius 2 is 2.00 bits per heavy atom. The van der Waals surface area contributed by atoms with Gasteiger partial charge in [-0.25, -0.2) is 8.42 Å². The highest BCUT2D eigenvalue weighted by molar-refractivity contribution is 7.92. The van der Waals surface area contributed by atoms with Crippen molar-refractivity contribution in [2.45, 2.75) is 31.9 Å². The number of nitrogens with zero attached hydrogens (tertiary/aromatic N) is 1. The van der Waals surface area contributed by atoms with Crippen LogP contribution in [0.15, 0.2) is 24.5 Å². The van der Waals surface area contributed by atoms with E-state index in [9.17, 15) is 8.42 Å². The van der Waals surface area contributed by atoms with Crippen LogP contribution in [0, 0.1) is 0 Å². The van der Waals surface area contributed by atoms with Gasteiger partial charge in [-0.05, 0) is 45.4 Å². The smallest absolute Gasteiger partial charge is 0.156 e. The number of aromatic nitrogens is 1. The summed E-state index contributed by atoms with van der Waals surface area (Å²) in [7, 11) is -3.02. The number of hydrogen-bond acceptors (Lipinski definition) is 4. The van der Waals surface area contributed by atoms with Gasteiger partial charge in [0.25, 0.3) is 0 Å². The van der Waals surface area contributed by atoms with E-state index in [1.165, 1.54) is 0 Å². The van der Waals surface area contributed by atoms with Gasteiger partial charge >= 0.3 is 0 Å². The molecular formula is C13H22N2O2S. The first-order valence-corrected chi connectivity index (χ1v) is 7.80. The molecule has 102 valence electrons. The summed E-state index contributed by atoms with van der Waals surface area (Å²) in [4.78, 5) is 4.03. The van der Waals surface area contributed by atoms with Gasteiger partial charge in [0.15, 0.2) is 9.84 Å². The quantitative estimate of drug-likeness (QED) is 0.794. The molecule has 1 heterocycles. The molecule has 0 aromatic carbocycles. The molecule has 5 heteroatoms. The topological polar surface area (TPSA) is 59.1 Å². The Morgan fingerprint density at radius 3 is 2.56 bits per heavy atom. The summed E-state index contributed by atoms with van der Waals surface area (Å²) in [6, 6.07) is 3.92. The van der Waals surface area contributed by atoms with E-state index in [-0.39, 0.29) is 5.75 Å². The predicted molar refractivity (Wildman–Crippen MR) is 74.4 cm³/mol. The third-order valence-electron chi connectivity index (χ3n) is 2.79. The number of sulfone groups is 1. The Labute approximate surface area is 110 Å². The maximum absolute atomic E-state index is 11.8. The minimum absolute atomic E-state index is 0.184. The summed E-state index contributed by atoms with van der Waals surface area (Å²) >= 11 is 0. The predicted octanol–water partition coefficient (Wildman–Crippen LogP) is 1.43. The molecule has 0 saturated heterocycles. The molecule has 0 fully saturated rings. The van der Waals surface area contributed by atoms with Gasteiger partial charge < -0.3 is 5.32 Å². The van der Waals surface area contributed by atoms with E-state index in [4.69, 9.17) is 0 Å². The highest BCUT2D eigenvalue weighted by Crippen LogP contribution is 2.15. The zero-order valence-corrected chi connectivity index (χ0v) is 12.1. The summed E-state index contributed by atoms with van der Waals surface area (Å²) in [6.45, 7) is 6.47. The molecule has 1 aromatic rings. The molecule has 0 amide bonds. The van der Waals surface area contributed by atoms with E-state index < -0.39 is 14.6 Å². The lowest BCUT2D eigenvalue weighted by Gasteiger charge is -2.19. The van der Waals surface area contributed by atoms with Crippen LogP contribution in [0.1, 0.15) is 26.3 Å². The molecule has 0 radical (unpaired) electrons. The first kappa shape index (κ1) is 15.1. The fraction of sp³-hybridized carbons (Fsp3) is 0.615. The van der Waals surface area contributed by atoms with Crippen LogP contribution in [-0.4, -0.2) is 37.0 Å². The number of hydrogen-bond donors (Lipinski definition) is 1. The molecular weight excluding hydrogens is 248 g/mol. The minimum atomic E-state index is -3.02. The van der Waals surface area contributed by atoms with Crippen molar-refractivity contribution in [1.82, 2.24) is 10.3 Å². The zero-order valence-electron chi connectivity index (χ0n) is 11.3. The zero-order chi connectivity index (χ0) is 13.6. The second-order valence-electron chi connectivity index (χ2n) is 5.29. The summed E-state index contributed by atoms with van der Waals surface area (Å²) in [5.74, 6) is 0.184. The minimum Gasteiger partial charge on any atom is -0.315 e. The largest absolute Gasteiger partial charge is 0.315 e. The van der Waals surface area contributed by atoms with Crippen LogP contribution in [-0.2, 0) is 16.3 Å². The Bertz CT molecular complexity index is 450. The van der Waals surface area contributed by atoms with Crippen LogP contribution in [0.25, 0.3) is 0 Å². The Kier molecular flexibility index (Phi) is 5.28. The molecule has 0 atom stereocenters. The molecule has 0 aliphatic heterocycles. The van der Waals surface area contributed by atoms with Gasteiger partial charge in [0.2, 0.25) is 0 Å². The lowest BCUT2D eigenvalue weighted by Crippen LogP contribution is -2.35. The SMILES string of the molecule is CC(C)(C)S(=O)(=O)CCNCCc1cccnc1. The highest BCUT2D eigenvalue weighted by atomic mass is 32.2. The van der Waals surface area contributed by atoms with Crippen LogP contribution in [0.5, 0.6) is 0 Å². The molecule has 0 unspecified atom stereocenters. The lowest BCUT2D eigenvalue weighted by molar-refractivity contribution is 0.556. The standard InChI is InChI=1S/C13H22N2O2S/c1-13(2,3)18(16,17)10-9-14-8-6-12-5-4-7-15-11-12/h4-5,7,11,14H,6,8-10H2,1-3H3. The van der Waals surface area contributed by atoms with Crippen LogP contribution in [0.4, 0.5) is 0 Å². The van der Waals surface area contributed by atoms with Crippen molar-refractivity contribution in [3.05, 3.63) is 30.1 Å². The van der Waals surface area contributed by atoms with Crippen molar-refractivity contribution < 1.29 is 8.42 Å². The molecule has 4 nitrogen and oxygen atoms in total. The Balaban J connectivity index is 2.24. The van der Waals surface area contributed by atoms with Crippen molar-refractivity contribution in [3.8, 4) is 0 Å². The lowest BCUT2D eigenvalue weighted by atomic mass is 10.2. The molecule has 0 bridgehead atoms. The third-order valence-corrected chi connectivity index (χ3v) is 5.40. The molecule has 1 aromatic heterocycles. The average Bonchev–Trinajstić information content (AvgIpc) is 2.28. The normalized spacial score (nSPS) is 12.6. The first-order chi connectivity index (χ1) is 8.33. The molecule has 1 N–H and O–H groups in total. The molecule has 0 spiro atoms. The summed E-state index contributed by atoms with van der Waals surface area (Å²) < 4.78 is 23.0. The van der Waals surface area contributed by atoms with Crippen molar-refractivity contribution >= 4 is 9.84 Å². The number of rotatable bonds is 6. The molecule has 0 saturated carbocycles. The monoisotopic (exact) mass is 270 g/mol. The van der Waals surface area contributed by atoms with Gasteiger partial charge in [0, 0.05) is 18.9 Å². The van der Waals surface area contributed by atoms with Crippen molar-refractivity contribution in [2.75, 3.05) is 18.8 Å². The van der Waals surface area contributed by atoms with Crippen molar-refractivity contribution in [1.29, 1.82) is 0 Å². The average molecular weight is 270 g/mol. The summed E-state index contributed by atoms with van der Waals surface area (Å²) in [5, 5.41) is 3.16. The van der Waals surface area contributed by atoms with Crippen LogP contribution >= 0.6 is 0 Å². The maximum atomic E-state index is 11.8. The molecule has 1 rings (SSSR count). The van der Waals surface area contributed by atoms with E-state index in [1.54, 1.807) is 27.0 Å². The van der Waals surface area contributed by atoms with Gasteiger partial charge in [0.1, 0.15) is 0 Å². The van der Waals surface area contributed by atoms with E-state index in [2.05, 4.69) is 10.3 Å². The summed E-state index contributed by atoms with van der Waals surface area (Å²) in [6.07, 6.45) is 4.43. The molecule has 18 heavy (non-hydrogen) atoms. The second kappa shape index (κ2) is 6.29. The fourth-order valence-electron chi connectivity index (χ4n) is 1.42. The maximum Gasteiger partial charge on any atom is 0.156 e. The van der Waals surface area contributed by atoms with Gasteiger partial charge in [-0.2, -0.15) is 0 Å².